The van der Waals surface area contributed by atoms with Crippen LogP contribution in [-0.2, 0) is 11.2 Å². The molecule has 1 aromatic heterocycles. The fourth-order valence-corrected chi connectivity index (χ4v) is 4.15. The van der Waals surface area contributed by atoms with Crippen molar-refractivity contribution >= 4 is 11.7 Å². The van der Waals surface area contributed by atoms with E-state index in [0.717, 1.165) is 49.7 Å². The number of nitrogens with zero attached hydrogens (tertiary/aromatic N) is 2. The summed E-state index contributed by atoms with van der Waals surface area (Å²) < 4.78 is 31.0. The van der Waals surface area contributed by atoms with Gasteiger partial charge in [0, 0.05) is 13.1 Å². The smallest absolute Gasteiger partial charge is 0.230 e. The van der Waals surface area contributed by atoms with E-state index in [1.165, 1.54) is 44.0 Å². The Morgan fingerprint density at radius 3 is 2.18 bits per heavy atom. The van der Waals surface area contributed by atoms with Crippen molar-refractivity contribution in [3.05, 3.63) is 83.6 Å². The first-order chi connectivity index (χ1) is 18.7. The molecule has 1 fully saturated rings. The number of carbonyl (C=O) groups is 2. The number of piperidine rings is 1. The molecule has 0 aliphatic carbocycles. The summed E-state index contributed by atoms with van der Waals surface area (Å²) in [6, 6.07) is 13.2. The van der Waals surface area contributed by atoms with E-state index in [1.807, 2.05) is 30.9 Å². The Kier molecular flexibility index (Phi) is 13.1. The number of phenolic OH excluding ortho intramolecular Hbond substituents is 1. The average molecular weight is 541 g/mol. The summed E-state index contributed by atoms with van der Waals surface area (Å²) in [4.78, 5) is 29.2. The van der Waals surface area contributed by atoms with Gasteiger partial charge in [-0.2, -0.15) is 0 Å². The largest absolute Gasteiger partial charge is 0.508 e. The predicted molar refractivity (Wildman–Crippen MR) is 148 cm³/mol. The normalized spacial score (nSPS) is 12.9. The zero-order valence-corrected chi connectivity index (χ0v) is 23.1. The number of amides is 1. The van der Waals surface area contributed by atoms with Gasteiger partial charge in [-0.1, -0.05) is 45.7 Å². The third-order valence-corrected chi connectivity index (χ3v) is 6.18. The van der Waals surface area contributed by atoms with Crippen LogP contribution in [0.5, 0.6) is 17.4 Å². The molecule has 2 heterocycles. The number of Topliss-reactive ketones (excluding diaryl/α,β-unsaturated/α-hetero) is 1. The third-order valence-electron chi connectivity index (χ3n) is 6.18. The molecule has 0 atom stereocenters. The highest BCUT2D eigenvalue weighted by atomic mass is 19.1. The number of likely N-dealkylation sites (tertiary alicyclic amines) is 1. The molecule has 1 N–H and O–H groups in total. The summed E-state index contributed by atoms with van der Waals surface area (Å²) in [5.41, 5.74) is 1.01. The van der Waals surface area contributed by atoms with Crippen LogP contribution in [0.2, 0.25) is 0 Å². The molecule has 4 rings (SSSR count). The number of hydrogen-bond acceptors (Lipinski definition) is 5. The zero-order valence-electron chi connectivity index (χ0n) is 23.1. The Morgan fingerprint density at radius 2 is 1.62 bits per heavy atom. The van der Waals surface area contributed by atoms with E-state index in [9.17, 15) is 23.5 Å². The van der Waals surface area contributed by atoms with Gasteiger partial charge in [0.2, 0.25) is 11.8 Å². The molecule has 0 saturated carbocycles. The van der Waals surface area contributed by atoms with Crippen molar-refractivity contribution in [2.45, 2.75) is 59.8 Å². The molecule has 1 saturated heterocycles. The second-order valence-electron chi connectivity index (χ2n) is 9.07. The number of halogens is 2. The van der Waals surface area contributed by atoms with Crippen LogP contribution in [0.1, 0.15) is 69.3 Å². The first-order valence-corrected chi connectivity index (χ1v) is 13.4. The lowest BCUT2D eigenvalue weighted by Gasteiger charge is -2.32. The highest BCUT2D eigenvalue weighted by Gasteiger charge is 2.22. The molecule has 1 aliphatic rings. The molecule has 39 heavy (non-hydrogen) atoms. The number of pyridine rings is 1. The third kappa shape index (κ3) is 10.5. The summed E-state index contributed by atoms with van der Waals surface area (Å²) >= 11 is 0. The van der Waals surface area contributed by atoms with Gasteiger partial charge < -0.3 is 14.7 Å². The molecule has 2 aromatic carbocycles. The van der Waals surface area contributed by atoms with Crippen LogP contribution in [-0.4, -0.2) is 39.8 Å². The molecule has 1 aliphatic heterocycles. The second kappa shape index (κ2) is 16.2. The fourth-order valence-electron chi connectivity index (χ4n) is 4.15. The molecule has 8 heteroatoms. The monoisotopic (exact) mass is 540 g/mol. The minimum Gasteiger partial charge on any atom is -0.508 e. The Balaban J connectivity index is 0.000000258. The number of carbonyl (C=O) groups excluding carboxylic acids is 2. The number of hydrogen-bond donors (Lipinski definition) is 1. The molecule has 0 spiro atoms. The van der Waals surface area contributed by atoms with E-state index in [4.69, 9.17) is 4.74 Å². The molecule has 1 amide bonds. The van der Waals surface area contributed by atoms with Gasteiger partial charge in [-0.25, -0.2) is 13.8 Å². The molecule has 0 unspecified atom stereocenters. The van der Waals surface area contributed by atoms with Gasteiger partial charge in [0.05, 0.1) is 18.2 Å². The van der Waals surface area contributed by atoms with Crippen LogP contribution in [0.15, 0.2) is 60.8 Å². The standard InChI is InChI=1S/C16H23NO2.C13H9F2NO2.C2H6/c1-2-3-13-8-10-17(11-9-13)16(19)12-14-4-6-15(18)7-5-14;1-8(17)12-6-10(15)7-16-13(12)18-11-4-2-9(14)3-5-11;1-2/h4-7,13,18H,2-3,8-12H2,1H3;2-7H,1H3;1-2H3. The lowest BCUT2D eigenvalue weighted by atomic mass is 9.92. The van der Waals surface area contributed by atoms with Crippen LogP contribution in [0.4, 0.5) is 8.78 Å². The average Bonchev–Trinajstić information content (AvgIpc) is 2.94. The van der Waals surface area contributed by atoms with E-state index in [0.29, 0.717) is 12.2 Å². The van der Waals surface area contributed by atoms with Crippen molar-refractivity contribution in [2.24, 2.45) is 5.92 Å². The highest BCUT2D eigenvalue weighted by Crippen LogP contribution is 2.24. The number of rotatable bonds is 7. The summed E-state index contributed by atoms with van der Waals surface area (Å²) in [7, 11) is 0. The van der Waals surface area contributed by atoms with Gasteiger partial charge in [-0.15, -0.1) is 0 Å². The molecular weight excluding hydrogens is 502 g/mol. The zero-order chi connectivity index (χ0) is 28.8. The lowest BCUT2D eigenvalue weighted by Crippen LogP contribution is -2.39. The van der Waals surface area contributed by atoms with Gasteiger partial charge in [0.25, 0.3) is 0 Å². The van der Waals surface area contributed by atoms with Gasteiger partial charge in [-0.3, -0.25) is 9.59 Å². The first kappa shape index (κ1) is 31.4. The van der Waals surface area contributed by atoms with Crippen LogP contribution >= 0.6 is 0 Å². The molecule has 0 bridgehead atoms. The number of benzene rings is 2. The predicted octanol–water partition coefficient (Wildman–Crippen LogP) is 7.35. The van der Waals surface area contributed by atoms with E-state index < -0.39 is 11.6 Å². The maximum absolute atomic E-state index is 13.0. The minimum absolute atomic E-state index is 0.00416. The van der Waals surface area contributed by atoms with Gasteiger partial charge in [0.1, 0.15) is 23.1 Å². The molecule has 0 radical (unpaired) electrons. The van der Waals surface area contributed by atoms with Crippen LogP contribution in [0.25, 0.3) is 0 Å². The van der Waals surface area contributed by atoms with Crippen molar-refractivity contribution < 1.29 is 28.2 Å². The SMILES string of the molecule is CC.CC(=O)c1cc(F)cnc1Oc1ccc(F)cc1.CCCC1CCN(C(=O)Cc2ccc(O)cc2)CC1. The van der Waals surface area contributed by atoms with Crippen molar-refractivity contribution in [2.75, 3.05) is 13.1 Å². The molecule has 6 nitrogen and oxygen atoms in total. The van der Waals surface area contributed by atoms with Crippen molar-refractivity contribution in [3.63, 3.8) is 0 Å². The van der Waals surface area contributed by atoms with Crippen LogP contribution in [0.3, 0.4) is 0 Å². The van der Waals surface area contributed by atoms with Crippen molar-refractivity contribution in [3.8, 4) is 17.4 Å². The number of phenols is 1. The first-order valence-electron chi connectivity index (χ1n) is 13.4. The van der Waals surface area contributed by atoms with Crippen molar-refractivity contribution in [1.82, 2.24) is 9.88 Å². The Hall–Kier alpha value is -3.81. The quantitative estimate of drug-likeness (QED) is 0.317. The van der Waals surface area contributed by atoms with E-state index in [1.54, 1.807) is 12.1 Å². The number of aromatic hydroxyl groups is 1. The fraction of sp³-hybridized carbons (Fsp3) is 0.387. The van der Waals surface area contributed by atoms with Gasteiger partial charge >= 0.3 is 0 Å². The Bertz CT molecular complexity index is 1180. The number of aromatic nitrogens is 1. The maximum atomic E-state index is 13.0. The van der Waals surface area contributed by atoms with Gasteiger partial charge in [-0.05, 0) is 73.7 Å². The summed E-state index contributed by atoms with van der Waals surface area (Å²) in [6.07, 6.45) is 6.22. The maximum Gasteiger partial charge on any atom is 0.230 e. The molecular formula is C31H38F2N2O4. The van der Waals surface area contributed by atoms with E-state index >= 15 is 0 Å². The second-order valence-corrected chi connectivity index (χ2v) is 9.07. The summed E-state index contributed by atoms with van der Waals surface area (Å²) in [6.45, 7) is 9.32. The Morgan fingerprint density at radius 1 is 1.00 bits per heavy atom. The minimum atomic E-state index is -0.619. The highest BCUT2D eigenvalue weighted by molar-refractivity contribution is 5.96. The molecule has 210 valence electrons. The van der Waals surface area contributed by atoms with Crippen LogP contribution < -0.4 is 4.74 Å². The summed E-state index contributed by atoms with van der Waals surface area (Å²) in [5.74, 6) is 0.195. The van der Waals surface area contributed by atoms with E-state index in [2.05, 4.69) is 11.9 Å². The van der Waals surface area contributed by atoms with Gasteiger partial charge in [0.15, 0.2) is 5.78 Å². The Labute approximate surface area is 229 Å². The number of ketones is 1. The lowest BCUT2D eigenvalue weighted by molar-refractivity contribution is -0.131. The topological polar surface area (TPSA) is 79.7 Å². The van der Waals surface area contributed by atoms with E-state index in [-0.39, 0.29) is 28.9 Å². The van der Waals surface area contributed by atoms with Crippen molar-refractivity contribution in [1.29, 1.82) is 0 Å². The number of ether oxygens (including phenoxy) is 1. The molecule has 3 aromatic rings. The van der Waals surface area contributed by atoms with Crippen LogP contribution in [0, 0.1) is 17.6 Å². The summed E-state index contributed by atoms with van der Waals surface area (Å²) in [5, 5.41) is 9.22.